The molecule has 278 valence electrons. The SMILES string of the molecule is CCN1C[C@]2(OC(=O)c3ccccc3CS(=O)(=O)c3cccc4cccnc34)CC[C@H](OC)[C@@]34C2CC([C@@H]13)[C@@]1(O)C[C@H](OC)[C@H]2CC4[C@]1(O)[C@H]2OC. The first-order chi connectivity index (χ1) is 24.9. The summed E-state index contributed by atoms with van der Waals surface area (Å²) in [5.41, 5.74) is -3.65. The average Bonchev–Trinajstić information content (AvgIpc) is 3.57. The number of para-hydroxylation sites is 1. The molecule has 3 aromatic rings. The van der Waals surface area contributed by atoms with E-state index in [1.54, 1.807) is 70.0 Å². The minimum Gasteiger partial charge on any atom is -0.454 e. The van der Waals surface area contributed by atoms with Gasteiger partial charge in [0.15, 0.2) is 9.84 Å². The van der Waals surface area contributed by atoms with Crippen LogP contribution in [0.1, 0.15) is 54.9 Å². The third-order valence-corrected chi connectivity index (χ3v) is 16.4. The fourth-order valence-electron chi connectivity index (χ4n) is 13.1. The van der Waals surface area contributed by atoms with Gasteiger partial charge in [0.05, 0.1) is 40.0 Å². The zero-order valence-corrected chi connectivity index (χ0v) is 30.9. The van der Waals surface area contributed by atoms with Crippen LogP contribution in [0, 0.1) is 29.1 Å². The first-order valence-corrected chi connectivity index (χ1v) is 20.2. The van der Waals surface area contributed by atoms with Gasteiger partial charge in [-0.05, 0) is 56.0 Å². The number of piperidine rings is 1. The summed E-state index contributed by atoms with van der Waals surface area (Å²) in [4.78, 5) is 21.5. The number of aromatic nitrogens is 1. The molecule has 2 aromatic carbocycles. The Morgan fingerprint density at radius 1 is 0.981 bits per heavy atom. The van der Waals surface area contributed by atoms with Gasteiger partial charge in [-0.15, -0.1) is 0 Å². The Morgan fingerprint density at radius 3 is 2.52 bits per heavy atom. The van der Waals surface area contributed by atoms with E-state index in [2.05, 4.69) is 16.8 Å². The number of pyridine rings is 1. The van der Waals surface area contributed by atoms with Gasteiger partial charge in [0.1, 0.15) is 16.8 Å². The molecule has 3 unspecified atom stereocenters. The largest absolute Gasteiger partial charge is 0.454 e. The van der Waals surface area contributed by atoms with Gasteiger partial charge in [-0.3, -0.25) is 9.88 Å². The summed E-state index contributed by atoms with van der Waals surface area (Å²) in [5.74, 6) is -2.02. The second-order valence-corrected chi connectivity index (χ2v) is 18.2. The molecule has 1 spiro atoms. The molecule has 2 heterocycles. The van der Waals surface area contributed by atoms with E-state index in [1.807, 2.05) is 12.1 Å². The standard InChI is InChI=1S/C40H48N2O9S/c1-5-42-22-37(51-36(43)25-13-7-6-10-24(25)21-52(46,47)29-14-8-11-23-12-9-17-41-33(23)29)16-15-32(49-3)39-30(37)19-27(34(39)42)38(44)20-28(48-2)26-18-31(39)40(38,45)35(26)50-4/h6-14,17,26-28,30-32,34-35,44-45H,5,15-16,18-22H2,1-4H3/t26-,27?,28+,30?,31?,32+,34-,35+,37-,38+,39+,40+/m1/s1. The molecule has 52 heavy (non-hydrogen) atoms. The van der Waals surface area contributed by atoms with Crippen molar-refractivity contribution in [2.75, 3.05) is 34.4 Å². The fourth-order valence-corrected chi connectivity index (χ4v) is 14.7. The lowest BCUT2D eigenvalue weighted by molar-refractivity contribution is -0.337. The zero-order valence-electron chi connectivity index (χ0n) is 30.1. The van der Waals surface area contributed by atoms with Gasteiger partial charge in [-0.25, -0.2) is 13.2 Å². The molecule has 11 nitrogen and oxygen atoms in total. The maximum absolute atomic E-state index is 14.6. The van der Waals surface area contributed by atoms with E-state index in [9.17, 15) is 23.4 Å². The van der Waals surface area contributed by atoms with Crippen molar-refractivity contribution in [2.45, 2.75) is 90.8 Å². The molecule has 1 saturated heterocycles. The van der Waals surface area contributed by atoms with Crippen LogP contribution in [0.25, 0.3) is 10.9 Å². The van der Waals surface area contributed by atoms with E-state index in [-0.39, 0.29) is 46.5 Å². The number of hydrogen-bond donors (Lipinski definition) is 2. The Bertz CT molecular complexity index is 2040. The van der Waals surface area contributed by atoms with Gasteiger partial charge in [0, 0.05) is 81.0 Å². The van der Waals surface area contributed by atoms with Crippen LogP contribution >= 0.6 is 0 Å². The number of rotatable bonds is 9. The molecule has 9 rings (SSSR count). The number of likely N-dealkylation sites (tertiary alicyclic amines) is 1. The maximum atomic E-state index is 14.6. The molecule has 5 aliphatic carbocycles. The summed E-state index contributed by atoms with van der Waals surface area (Å²) in [5, 5.41) is 26.7. The van der Waals surface area contributed by atoms with Crippen LogP contribution in [0.2, 0.25) is 0 Å². The van der Waals surface area contributed by atoms with Crippen molar-refractivity contribution in [3.63, 3.8) is 0 Å². The lowest BCUT2D eigenvalue weighted by atomic mass is 9.44. The van der Waals surface area contributed by atoms with E-state index in [4.69, 9.17) is 18.9 Å². The maximum Gasteiger partial charge on any atom is 0.339 e. The Morgan fingerprint density at radius 2 is 1.77 bits per heavy atom. The molecule has 7 bridgehead atoms. The van der Waals surface area contributed by atoms with Gasteiger partial charge in [-0.1, -0.05) is 43.3 Å². The smallest absolute Gasteiger partial charge is 0.339 e. The van der Waals surface area contributed by atoms with E-state index < -0.39 is 55.8 Å². The van der Waals surface area contributed by atoms with Crippen LogP contribution in [-0.2, 0) is 34.5 Å². The number of methoxy groups -OCH3 is 3. The number of hydrogen-bond acceptors (Lipinski definition) is 11. The Kier molecular flexibility index (Phi) is 7.87. The molecule has 6 fully saturated rings. The second-order valence-electron chi connectivity index (χ2n) is 16.2. The molecule has 0 amide bonds. The lowest BCUT2D eigenvalue weighted by Crippen LogP contribution is -2.83. The zero-order chi connectivity index (χ0) is 36.4. The predicted molar refractivity (Wildman–Crippen MR) is 190 cm³/mol. The number of aliphatic hydroxyl groups is 2. The highest BCUT2D eigenvalue weighted by atomic mass is 32.2. The van der Waals surface area contributed by atoms with Crippen molar-refractivity contribution < 1.29 is 42.4 Å². The molecule has 1 aliphatic heterocycles. The normalized spacial score (nSPS) is 41.7. The molecule has 12 heteroatoms. The molecule has 6 aliphatic rings. The highest BCUT2D eigenvalue weighted by Crippen LogP contribution is 2.79. The van der Waals surface area contributed by atoms with Gasteiger partial charge in [0.25, 0.3) is 0 Å². The topological polar surface area (TPSA) is 145 Å². The van der Waals surface area contributed by atoms with E-state index in [1.165, 1.54) is 0 Å². The number of carbonyl (C=O) groups excluding carboxylic acids is 1. The number of sulfone groups is 1. The van der Waals surface area contributed by atoms with Gasteiger partial charge in [0.2, 0.25) is 0 Å². The predicted octanol–water partition coefficient (Wildman–Crippen LogP) is 3.79. The molecule has 0 radical (unpaired) electrons. The van der Waals surface area contributed by atoms with Crippen molar-refractivity contribution in [1.29, 1.82) is 0 Å². The first kappa shape index (κ1) is 34.8. The van der Waals surface area contributed by atoms with Crippen molar-refractivity contribution in [2.24, 2.45) is 29.1 Å². The quantitative estimate of drug-likeness (QED) is 0.310. The molecule has 2 N–H and O–H groups in total. The summed E-state index contributed by atoms with van der Waals surface area (Å²) in [6, 6.07) is 15.4. The van der Waals surface area contributed by atoms with Crippen LogP contribution < -0.4 is 0 Å². The molecule has 12 atom stereocenters. The van der Waals surface area contributed by atoms with Crippen LogP contribution in [0.3, 0.4) is 0 Å². The minimum absolute atomic E-state index is 0.103. The van der Waals surface area contributed by atoms with Gasteiger partial charge < -0.3 is 29.2 Å². The van der Waals surface area contributed by atoms with Crippen LogP contribution in [-0.4, -0.2) is 110 Å². The van der Waals surface area contributed by atoms with Crippen molar-refractivity contribution in [3.8, 4) is 0 Å². The van der Waals surface area contributed by atoms with Crippen LogP contribution in [0.4, 0.5) is 0 Å². The van der Waals surface area contributed by atoms with E-state index >= 15 is 0 Å². The van der Waals surface area contributed by atoms with Crippen molar-refractivity contribution in [1.82, 2.24) is 9.88 Å². The Balaban J connectivity index is 1.12. The monoisotopic (exact) mass is 732 g/mol. The molecular formula is C40H48N2O9S. The number of nitrogens with zero attached hydrogens (tertiary/aromatic N) is 2. The Hall–Kier alpha value is -2.97. The number of likely N-dealkylation sites (N-methyl/N-ethyl adjacent to an activating group) is 1. The summed E-state index contributed by atoms with van der Waals surface area (Å²) in [6.45, 7) is 3.23. The van der Waals surface area contributed by atoms with Crippen LogP contribution in [0.15, 0.2) is 65.7 Å². The number of benzene rings is 2. The third-order valence-electron chi connectivity index (χ3n) is 14.7. The molecular weight excluding hydrogens is 685 g/mol. The van der Waals surface area contributed by atoms with Crippen molar-refractivity contribution >= 4 is 26.7 Å². The summed E-state index contributed by atoms with van der Waals surface area (Å²) in [7, 11) is 1.11. The average molecular weight is 733 g/mol. The minimum atomic E-state index is -3.91. The van der Waals surface area contributed by atoms with Gasteiger partial charge >= 0.3 is 5.97 Å². The van der Waals surface area contributed by atoms with Crippen LogP contribution in [0.5, 0.6) is 0 Å². The first-order valence-electron chi connectivity index (χ1n) is 18.6. The fraction of sp³-hybridized carbons (Fsp3) is 0.600. The molecule has 1 aromatic heterocycles. The number of esters is 1. The van der Waals surface area contributed by atoms with Crippen molar-refractivity contribution in [3.05, 3.63) is 71.9 Å². The van der Waals surface area contributed by atoms with E-state index in [0.717, 1.165) is 5.39 Å². The Labute approximate surface area is 304 Å². The summed E-state index contributed by atoms with van der Waals surface area (Å²) in [6.07, 6.45) is 3.07. The summed E-state index contributed by atoms with van der Waals surface area (Å²) < 4.78 is 53.3. The lowest BCUT2D eigenvalue weighted by Gasteiger charge is -2.70. The summed E-state index contributed by atoms with van der Waals surface area (Å²) >= 11 is 0. The number of ether oxygens (including phenoxy) is 4. The second kappa shape index (κ2) is 11.8. The highest BCUT2D eigenvalue weighted by molar-refractivity contribution is 7.90. The number of fused-ring (bicyclic) bond motifs is 3. The number of carbonyl (C=O) groups is 1. The highest BCUT2D eigenvalue weighted by Gasteiger charge is 2.89. The third kappa shape index (κ3) is 4.20. The molecule has 5 saturated carbocycles. The van der Waals surface area contributed by atoms with E-state index in [0.29, 0.717) is 56.3 Å². The van der Waals surface area contributed by atoms with Gasteiger partial charge in [-0.2, -0.15) is 0 Å².